The Morgan fingerprint density at radius 3 is 2.19 bits per heavy atom. The summed E-state index contributed by atoms with van der Waals surface area (Å²) in [5.41, 5.74) is 1.62. The molecule has 0 saturated heterocycles. The molecule has 0 amide bonds. The fraction of sp³-hybridized carbons (Fsp3) is 0.318. The summed E-state index contributed by atoms with van der Waals surface area (Å²) in [7, 11) is 0. The van der Waals surface area contributed by atoms with Gasteiger partial charge >= 0.3 is 0 Å². The third-order valence-electron chi connectivity index (χ3n) is 5.40. The fourth-order valence-corrected chi connectivity index (χ4v) is 4.29. The lowest BCUT2D eigenvalue weighted by atomic mass is 9.73. The van der Waals surface area contributed by atoms with Crippen LogP contribution in [0.1, 0.15) is 41.6 Å². The first-order valence-electron chi connectivity index (χ1n) is 9.06. The molecule has 2 aromatic rings. The van der Waals surface area contributed by atoms with E-state index in [-0.39, 0.29) is 11.7 Å². The van der Waals surface area contributed by atoms with Crippen LogP contribution in [0, 0.1) is 11.8 Å². The van der Waals surface area contributed by atoms with Crippen molar-refractivity contribution >= 4 is 34.7 Å². The molecule has 0 N–H and O–H groups in total. The van der Waals surface area contributed by atoms with E-state index in [0.29, 0.717) is 21.5 Å². The summed E-state index contributed by atoms with van der Waals surface area (Å²) in [5, 5.41) is 1.32. The van der Waals surface area contributed by atoms with Gasteiger partial charge in [-0.25, -0.2) is 0 Å². The number of hydrogen-bond donors (Lipinski definition) is 0. The summed E-state index contributed by atoms with van der Waals surface area (Å²) in [6.45, 7) is 0. The monoisotopic (exact) mass is 386 g/mol. The van der Waals surface area contributed by atoms with Gasteiger partial charge in [-0.1, -0.05) is 36.0 Å². The number of fused-ring (bicyclic) bond motifs is 1. The van der Waals surface area contributed by atoms with Gasteiger partial charge in [-0.3, -0.25) is 4.79 Å². The van der Waals surface area contributed by atoms with Gasteiger partial charge in [0.2, 0.25) is 5.78 Å². The smallest absolute Gasteiger partial charge is 0.203 e. The molecule has 0 radical (unpaired) electrons. The lowest BCUT2D eigenvalue weighted by Crippen LogP contribution is -2.40. The number of carbonyl (C=O) groups is 1. The molecule has 1 aliphatic heterocycles. The van der Waals surface area contributed by atoms with E-state index in [1.165, 1.54) is 6.42 Å². The highest BCUT2D eigenvalue weighted by molar-refractivity contribution is 6.31. The second-order valence-electron chi connectivity index (χ2n) is 7.06. The second kappa shape index (κ2) is 7.46. The van der Waals surface area contributed by atoms with Crippen molar-refractivity contribution in [2.24, 2.45) is 11.8 Å². The zero-order chi connectivity index (χ0) is 18.1. The van der Waals surface area contributed by atoms with Crippen molar-refractivity contribution in [1.82, 2.24) is 0 Å². The van der Waals surface area contributed by atoms with Crippen molar-refractivity contribution in [3.05, 3.63) is 75.8 Å². The Bertz CT molecular complexity index is 824. The van der Waals surface area contributed by atoms with Gasteiger partial charge in [-0.05, 0) is 73.4 Å². The Morgan fingerprint density at radius 2 is 1.50 bits per heavy atom. The van der Waals surface area contributed by atoms with Crippen LogP contribution in [0.5, 0.6) is 0 Å². The van der Waals surface area contributed by atoms with Crippen LogP contribution in [0.25, 0.3) is 5.76 Å². The molecule has 2 aliphatic rings. The molecule has 3 atom stereocenters. The van der Waals surface area contributed by atoms with Gasteiger partial charge in [0.05, 0.1) is 0 Å². The number of ether oxygens (including phenoxy) is 1. The molecule has 4 heteroatoms. The summed E-state index contributed by atoms with van der Waals surface area (Å²) >= 11 is 12.0. The minimum atomic E-state index is -0.447. The molecule has 1 aliphatic carbocycles. The summed E-state index contributed by atoms with van der Waals surface area (Å²) in [5.74, 6) is 1.45. The minimum Gasteiger partial charge on any atom is -0.482 e. The molecule has 26 heavy (non-hydrogen) atoms. The van der Waals surface area contributed by atoms with Crippen LogP contribution in [0.3, 0.4) is 0 Å². The average molecular weight is 387 g/mol. The lowest BCUT2D eigenvalue weighted by molar-refractivity contribution is 0.0352. The van der Waals surface area contributed by atoms with Gasteiger partial charge < -0.3 is 4.74 Å². The number of benzene rings is 2. The van der Waals surface area contributed by atoms with Gasteiger partial charge in [0.15, 0.2) is 6.10 Å². The first kappa shape index (κ1) is 17.6. The van der Waals surface area contributed by atoms with Crippen LogP contribution in [0.4, 0.5) is 0 Å². The maximum Gasteiger partial charge on any atom is 0.203 e. The Balaban J connectivity index is 1.67. The molecule has 0 aromatic heterocycles. The van der Waals surface area contributed by atoms with E-state index < -0.39 is 6.10 Å². The molecule has 2 aromatic carbocycles. The van der Waals surface area contributed by atoms with Crippen LogP contribution < -0.4 is 0 Å². The van der Waals surface area contributed by atoms with Gasteiger partial charge in [0.25, 0.3) is 0 Å². The highest BCUT2D eigenvalue weighted by atomic mass is 35.5. The summed E-state index contributed by atoms with van der Waals surface area (Å²) in [6.07, 6.45) is 6.25. The number of rotatable bonds is 3. The summed E-state index contributed by atoms with van der Waals surface area (Å²) in [4.78, 5) is 13.2. The third kappa shape index (κ3) is 3.54. The van der Waals surface area contributed by atoms with Crippen molar-refractivity contribution in [2.45, 2.75) is 31.8 Å². The Labute approximate surface area is 163 Å². The molecular formula is C22H20Cl2O2. The van der Waals surface area contributed by atoms with Gasteiger partial charge in [-0.2, -0.15) is 0 Å². The molecule has 4 rings (SSSR count). The molecular weight excluding hydrogens is 367 g/mol. The van der Waals surface area contributed by atoms with E-state index in [9.17, 15) is 4.79 Å². The number of ketones is 1. The van der Waals surface area contributed by atoms with E-state index in [4.69, 9.17) is 27.9 Å². The molecule has 1 saturated carbocycles. The topological polar surface area (TPSA) is 26.3 Å². The molecule has 1 heterocycles. The van der Waals surface area contributed by atoms with Crippen LogP contribution in [-0.2, 0) is 4.74 Å². The van der Waals surface area contributed by atoms with Gasteiger partial charge in [0, 0.05) is 27.1 Å². The Hall–Kier alpha value is -1.77. The maximum atomic E-state index is 13.2. The van der Waals surface area contributed by atoms with Crippen molar-refractivity contribution < 1.29 is 9.53 Å². The third-order valence-corrected chi connectivity index (χ3v) is 5.90. The molecule has 0 bridgehead atoms. The van der Waals surface area contributed by atoms with E-state index in [2.05, 4.69) is 6.08 Å². The molecule has 0 unspecified atom stereocenters. The Morgan fingerprint density at radius 1 is 0.885 bits per heavy atom. The molecule has 2 nitrogen and oxygen atoms in total. The molecule has 134 valence electrons. The van der Waals surface area contributed by atoms with E-state index in [1.54, 1.807) is 24.3 Å². The van der Waals surface area contributed by atoms with Crippen LogP contribution >= 0.6 is 23.2 Å². The quantitative estimate of drug-likeness (QED) is 0.568. The zero-order valence-electron chi connectivity index (χ0n) is 14.3. The summed E-state index contributed by atoms with van der Waals surface area (Å²) < 4.78 is 6.26. The predicted molar refractivity (Wildman–Crippen MR) is 106 cm³/mol. The normalized spacial score (nSPS) is 25.0. The largest absolute Gasteiger partial charge is 0.482 e. The number of hydrogen-bond acceptors (Lipinski definition) is 2. The minimum absolute atomic E-state index is 0.0399. The van der Waals surface area contributed by atoms with E-state index >= 15 is 0 Å². The van der Waals surface area contributed by atoms with Gasteiger partial charge in [0.1, 0.15) is 5.76 Å². The fourth-order valence-electron chi connectivity index (χ4n) is 4.03. The maximum absolute atomic E-state index is 13.2. The first-order chi connectivity index (χ1) is 12.6. The first-order valence-corrected chi connectivity index (χ1v) is 9.81. The SMILES string of the molecule is O=C(c1ccc(Cl)cc1)[C@H]1OC(c2ccc(Cl)cc2)=C[C@H]2CCCC[C@H]12. The van der Waals surface area contributed by atoms with Crippen molar-refractivity contribution in [3.63, 3.8) is 0 Å². The lowest BCUT2D eigenvalue weighted by Gasteiger charge is -2.39. The van der Waals surface area contributed by atoms with Crippen molar-refractivity contribution in [3.8, 4) is 0 Å². The van der Waals surface area contributed by atoms with Crippen molar-refractivity contribution in [1.29, 1.82) is 0 Å². The number of halogens is 2. The zero-order valence-corrected chi connectivity index (χ0v) is 15.8. The highest BCUT2D eigenvalue weighted by Gasteiger charge is 2.40. The van der Waals surface area contributed by atoms with Crippen molar-refractivity contribution in [2.75, 3.05) is 0 Å². The molecule has 1 fully saturated rings. The van der Waals surface area contributed by atoms with E-state index in [0.717, 1.165) is 30.6 Å². The number of allylic oxidation sites excluding steroid dienone is 1. The van der Waals surface area contributed by atoms with Crippen LogP contribution in [0.2, 0.25) is 10.0 Å². The van der Waals surface area contributed by atoms with Gasteiger partial charge in [-0.15, -0.1) is 0 Å². The number of carbonyl (C=O) groups excluding carboxylic acids is 1. The molecule has 0 spiro atoms. The highest BCUT2D eigenvalue weighted by Crippen LogP contribution is 2.42. The average Bonchev–Trinajstić information content (AvgIpc) is 2.68. The number of Topliss-reactive ketones (excluding diaryl/α,β-unsaturated/α-hetero) is 1. The van der Waals surface area contributed by atoms with E-state index in [1.807, 2.05) is 24.3 Å². The summed E-state index contributed by atoms with van der Waals surface area (Å²) in [6, 6.07) is 14.7. The second-order valence-corrected chi connectivity index (χ2v) is 7.93. The van der Waals surface area contributed by atoms with Crippen LogP contribution in [0.15, 0.2) is 54.6 Å². The van der Waals surface area contributed by atoms with Crippen LogP contribution in [-0.4, -0.2) is 11.9 Å². The predicted octanol–water partition coefficient (Wildman–Crippen LogP) is 6.42. The Kier molecular flexibility index (Phi) is 5.06. The standard InChI is InChI=1S/C22H20Cl2O2/c23-17-9-5-14(6-10-17)20-13-16-3-1-2-4-19(16)22(26-20)21(25)15-7-11-18(24)12-8-15/h5-13,16,19,22H,1-4H2/t16-,19+,22+/m1/s1.